The second kappa shape index (κ2) is 7.07. The van der Waals surface area contributed by atoms with Crippen molar-refractivity contribution < 1.29 is 9.84 Å². The molecule has 0 amide bonds. The van der Waals surface area contributed by atoms with Gasteiger partial charge in [-0.05, 0) is 43.9 Å². The van der Waals surface area contributed by atoms with Crippen molar-refractivity contribution in [3.8, 4) is 5.75 Å². The number of ether oxygens (including phenoxy) is 1. The molecule has 0 heterocycles. The van der Waals surface area contributed by atoms with Crippen molar-refractivity contribution in [3.63, 3.8) is 0 Å². The molecule has 88 valence electrons. The highest BCUT2D eigenvalue weighted by Crippen LogP contribution is 2.23. The van der Waals surface area contributed by atoms with E-state index in [4.69, 9.17) is 4.74 Å². The van der Waals surface area contributed by atoms with Gasteiger partial charge in [0.05, 0.1) is 12.7 Å². The lowest BCUT2D eigenvalue weighted by atomic mass is 10.0. The average Bonchev–Trinajstić information content (AvgIpc) is 2.30. The van der Waals surface area contributed by atoms with Crippen molar-refractivity contribution in [3.05, 3.63) is 42.5 Å². The van der Waals surface area contributed by atoms with Crippen LogP contribution in [0.25, 0.3) is 0 Å². The number of unbranched alkanes of at least 4 members (excludes halogenated alkanes) is 1. The second-order valence-corrected chi connectivity index (χ2v) is 3.74. The van der Waals surface area contributed by atoms with E-state index in [0.717, 1.165) is 30.6 Å². The third-order valence-electron chi connectivity index (χ3n) is 2.44. The monoisotopic (exact) mass is 220 g/mol. The number of hydrogen-bond acceptors (Lipinski definition) is 2. The van der Waals surface area contributed by atoms with Crippen molar-refractivity contribution in [2.45, 2.75) is 32.3 Å². The van der Waals surface area contributed by atoms with Gasteiger partial charge in [0.2, 0.25) is 0 Å². The van der Waals surface area contributed by atoms with Crippen LogP contribution in [0.2, 0.25) is 0 Å². The van der Waals surface area contributed by atoms with E-state index in [1.807, 2.05) is 37.3 Å². The third-order valence-corrected chi connectivity index (χ3v) is 2.44. The lowest BCUT2D eigenvalue weighted by Gasteiger charge is -2.11. The first-order valence-electron chi connectivity index (χ1n) is 5.79. The Morgan fingerprint density at radius 1 is 1.50 bits per heavy atom. The Morgan fingerprint density at radius 2 is 2.31 bits per heavy atom. The molecule has 1 N–H and O–H groups in total. The minimum Gasteiger partial charge on any atom is -0.494 e. The molecule has 0 aromatic heterocycles. The summed E-state index contributed by atoms with van der Waals surface area (Å²) in [7, 11) is 0. The maximum Gasteiger partial charge on any atom is 0.119 e. The van der Waals surface area contributed by atoms with Gasteiger partial charge in [0, 0.05) is 0 Å². The Labute approximate surface area is 97.6 Å². The number of aliphatic hydroxyl groups excluding tert-OH is 1. The summed E-state index contributed by atoms with van der Waals surface area (Å²) in [4.78, 5) is 0. The molecule has 1 aromatic rings. The summed E-state index contributed by atoms with van der Waals surface area (Å²) in [6, 6.07) is 7.66. The molecule has 0 spiro atoms. The molecule has 0 aliphatic rings. The summed E-state index contributed by atoms with van der Waals surface area (Å²) in [5, 5.41) is 9.95. The van der Waals surface area contributed by atoms with Crippen LogP contribution in [0.3, 0.4) is 0 Å². The van der Waals surface area contributed by atoms with Crippen LogP contribution in [-0.2, 0) is 0 Å². The molecule has 1 aromatic carbocycles. The molecule has 0 fully saturated rings. The van der Waals surface area contributed by atoms with Gasteiger partial charge in [0.1, 0.15) is 5.75 Å². The second-order valence-electron chi connectivity index (χ2n) is 3.74. The number of aliphatic hydroxyl groups is 1. The summed E-state index contributed by atoms with van der Waals surface area (Å²) in [6.45, 7) is 6.27. The minimum atomic E-state index is -0.402. The molecule has 2 heteroatoms. The zero-order chi connectivity index (χ0) is 11.8. The van der Waals surface area contributed by atoms with Crippen LogP contribution in [0, 0.1) is 0 Å². The standard InChI is InChI=1S/C14H20O2/c1-3-5-6-10-14(15)12-8-7-9-13(11-12)16-4-2/h3,7-9,11,14-15H,1,4-6,10H2,2H3. The lowest BCUT2D eigenvalue weighted by molar-refractivity contribution is 0.164. The van der Waals surface area contributed by atoms with Crippen molar-refractivity contribution in [2.75, 3.05) is 6.61 Å². The van der Waals surface area contributed by atoms with E-state index in [0.29, 0.717) is 6.61 Å². The lowest BCUT2D eigenvalue weighted by Crippen LogP contribution is -1.98. The molecule has 16 heavy (non-hydrogen) atoms. The van der Waals surface area contributed by atoms with E-state index < -0.39 is 6.10 Å². The van der Waals surface area contributed by atoms with Gasteiger partial charge in [-0.2, -0.15) is 0 Å². The molecule has 0 radical (unpaired) electrons. The van der Waals surface area contributed by atoms with Crippen LogP contribution >= 0.6 is 0 Å². The smallest absolute Gasteiger partial charge is 0.119 e. The highest BCUT2D eigenvalue weighted by Gasteiger charge is 2.07. The fourth-order valence-electron chi connectivity index (χ4n) is 1.60. The highest BCUT2D eigenvalue weighted by atomic mass is 16.5. The van der Waals surface area contributed by atoms with Gasteiger partial charge >= 0.3 is 0 Å². The van der Waals surface area contributed by atoms with Crippen LogP contribution < -0.4 is 4.74 Å². The first kappa shape index (κ1) is 12.8. The Morgan fingerprint density at radius 3 is 3.00 bits per heavy atom. The van der Waals surface area contributed by atoms with Gasteiger partial charge in [-0.3, -0.25) is 0 Å². The quantitative estimate of drug-likeness (QED) is 0.563. The largest absolute Gasteiger partial charge is 0.494 e. The number of benzene rings is 1. The van der Waals surface area contributed by atoms with E-state index in [1.165, 1.54) is 0 Å². The van der Waals surface area contributed by atoms with E-state index in [2.05, 4.69) is 6.58 Å². The molecule has 2 nitrogen and oxygen atoms in total. The summed E-state index contributed by atoms with van der Waals surface area (Å²) < 4.78 is 5.40. The molecular formula is C14H20O2. The van der Waals surface area contributed by atoms with Crippen molar-refractivity contribution >= 4 is 0 Å². The SMILES string of the molecule is C=CCCCC(O)c1cccc(OCC)c1. The van der Waals surface area contributed by atoms with Crippen molar-refractivity contribution in [2.24, 2.45) is 0 Å². The molecule has 0 aliphatic heterocycles. The topological polar surface area (TPSA) is 29.5 Å². The van der Waals surface area contributed by atoms with E-state index in [-0.39, 0.29) is 0 Å². The van der Waals surface area contributed by atoms with Crippen LogP contribution in [-0.4, -0.2) is 11.7 Å². The van der Waals surface area contributed by atoms with Gasteiger partial charge in [-0.1, -0.05) is 18.2 Å². The average molecular weight is 220 g/mol. The molecule has 0 aliphatic carbocycles. The Kier molecular flexibility index (Phi) is 5.65. The van der Waals surface area contributed by atoms with Gasteiger partial charge < -0.3 is 9.84 Å². The maximum absolute atomic E-state index is 9.95. The van der Waals surface area contributed by atoms with Crippen molar-refractivity contribution in [1.82, 2.24) is 0 Å². The van der Waals surface area contributed by atoms with Crippen LogP contribution in [0.5, 0.6) is 5.75 Å². The van der Waals surface area contributed by atoms with Gasteiger partial charge in [0.15, 0.2) is 0 Å². The maximum atomic E-state index is 9.95. The van der Waals surface area contributed by atoms with Crippen LogP contribution in [0.15, 0.2) is 36.9 Å². The summed E-state index contributed by atoms with van der Waals surface area (Å²) in [5.74, 6) is 0.822. The van der Waals surface area contributed by atoms with E-state index >= 15 is 0 Å². The van der Waals surface area contributed by atoms with Gasteiger partial charge in [0.25, 0.3) is 0 Å². The van der Waals surface area contributed by atoms with Crippen LogP contribution in [0.1, 0.15) is 37.9 Å². The van der Waals surface area contributed by atoms with E-state index in [9.17, 15) is 5.11 Å². The normalized spacial score (nSPS) is 12.1. The Hall–Kier alpha value is -1.28. The molecule has 1 unspecified atom stereocenters. The first-order valence-corrected chi connectivity index (χ1v) is 5.79. The highest BCUT2D eigenvalue weighted by molar-refractivity contribution is 5.29. The zero-order valence-electron chi connectivity index (χ0n) is 9.86. The molecular weight excluding hydrogens is 200 g/mol. The Bertz CT molecular complexity index is 320. The Balaban J connectivity index is 2.56. The van der Waals surface area contributed by atoms with E-state index in [1.54, 1.807) is 0 Å². The molecule has 1 atom stereocenters. The third kappa shape index (κ3) is 4.07. The summed E-state index contributed by atoms with van der Waals surface area (Å²) in [5.41, 5.74) is 0.926. The molecule has 1 rings (SSSR count). The summed E-state index contributed by atoms with van der Waals surface area (Å²) >= 11 is 0. The fourth-order valence-corrected chi connectivity index (χ4v) is 1.60. The molecule has 0 bridgehead atoms. The van der Waals surface area contributed by atoms with Crippen molar-refractivity contribution in [1.29, 1.82) is 0 Å². The predicted molar refractivity (Wildman–Crippen MR) is 66.6 cm³/mol. The number of rotatable bonds is 7. The van der Waals surface area contributed by atoms with Crippen LogP contribution in [0.4, 0.5) is 0 Å². The molecule has 0 saturated carbocycles. The number of allylic oxidation sites excluding steroid dienone is 1. The molecule has 0 saturated heterocycles. The fraction of sp³-hybridized carbons (Fsp3) is 0.429. The predicted octanol–water partition coefficient (Wildman–Crippen LogP) is 3.48. The zero-order valence-corrected chi connectivity index (χ0v) is 9.86. The minimum absolute atomic E-state index is 0.402. The summed E-state index contributed by atoms with van der Waals surface area (Å²) in [6.07, 6.45) is 4.15. The van der Waals surface area contributed by atoms with Gasteiger partial charge in [-0.25, -0.2) is 0 Å². The number of hydrogen-bond donors (Lipinski definition) is 1. The first-order chi connectivity index (χ1) is 7.77. The van der Waals surface area contributed by atoms with Gasteiger partial charge in [-0.15, -0.1) is 6.58 Å².